The summed E-state index contributed by atoms with van der Waals surface area (Å²) < 4.78 is 4.82. The van der Waals surface area contributed by atoms with E-state index in [0.717, 1.165) is 6.42 Å². The lowest BCUT2D eigenvalue weighted by Crippen LogP contribution is -2.30. The first kappa shape index (κ1) is 12.0. The van der Waals surface area contributed by atoms with Crippen molar-refractivity contribution in [1.82, 2.24) is 0 Å². The number of carboxylic acids is 1. The van der Waals surface area contributed by atoms with E-state index in [-0.39, 0.29) is 12.5 Å². The Kier molecular flexibility index (Phi) is 3.37. The molecule has 1 aliphatic rings. The van der Waals surface area contributed by atoms with Crippen LogP contribution in [0.3, 0.4) is 0 Å². The third kappa shape index (κ3) is 2.13. The van der Waals surface area contributed by atoms with Crippen molar-refractivity contribution in [2.75, 3.05) is 6.61 Å². The molecule has 2 atom stereocenters. The molecule has 15 heavy (non-hydrogen) atoms. The molecule has 1 saturated carbocycles. The molecule has 0 aliphatic heterocycles. The Balaban J connectivity index is 2.69. The summed E-state index contributed by atoms with van der Waals surface area (Å²) >= 11 is 0. The smallest absolute Gasteiger partial charge is 0.323 e. The van der Waals surface area contributed by atoms with Crippen LogP contribution in [0.1, 0.15) is 33.6 Å². The molecule has 0 aromatic heterocycles. The number of hydrogen-bond donors (Lipinski definition) is 1. The average Bonchev–Trinajstić information content (AvgIpc) is 2.79. The summed E-state index contributed by atoms with van der Waals surface area (Å²) in [4.78, 5) is 22.6. The largest absolute Gasteiger partial charge is 0.480 e. The van der Waals surface area contributed by atoms with Crippen molar-refractivity contribution in [1.29, 1.82) is 0 Å². The molecule has 0 bridgehead atoms. The van der Waals surface area contributed by atoms with E-state index in [0.29, 0.717) is 12.3 Å². The van der Waals surface area contributed by atoms with Gasteiger partial charge in [-0.1, -0.05) is 13.8 Å². The number of rotatable bonds is 5. The van der Waals surface area contributed by atoms with Crippen LogP contribution < -0.4 is 0 Å². The molecule has 0 saturated heterocycles. The Hall–Kier alpha value is -1.06. The first-order valence-corrected chi connectivity index (χ1v) is 5.35. The average molecular weight is 214 g/mol. The van der Waals surface area contributed by atoms with Crippen LogP contribution in [-0.2, 0) is 14.3 Å². The van der Waals surface area contributed by atoms with E-state index >= 15 is 0 Å². The van der Waals surface area contributed by atoms with Gasteiger partial charge in [0, 0.05) is 0 Å². The maximum atomic E-state index is 11.6. The van der Waals surface area contributed by atoms with Gasteiger partial charge in [0.25, 0.3) is 0 Å². The van der Waals surface area contributed by atoms with Gasteiger partial charge in [-0.2, -0.15) is 0 Å². The fraction of sp³-hybridized carbons (Fsp3) is 0.818. The molecule has 4 nitrogen and oxygen atoms in total. The summed E-state index contributed by atoms with van der Waals surface area (Å²) in [6, 6.07) is 0. The van der Waals surface area contributed by atoms with Crippen LogP contribution in [0.2, 0.25) is 0 Å². The van der Waals surface area contributed by atoms with Crippen molar-refractivity contribution < 1.29 is 19.4 Å². The van der Waals surface area contributed by atoms with Gasteiger partial charge in [0.05, 0.1) is 6.61 Å². The van der Waals surface area contributed by atoms with Crippen molar-refractivity contribution in [2.24, 2.45) is 17.3 Å². The van der Waals surface area contributed by atoms with Crippen molar-refractivity contribution in [2.45, 2.75) is 33.6 Å². The third-order valence-corrected chi connectivity index (χ3v) is 2.88. The molecule has 0 aromatic rings. The molecule has 1 rings (SSSR count). The van der Waals surface area contributed by atoms with Gasteiger partial charge in [0.15, 0.2) is 5.41 Å². The molecule has 0 heterocycles. The first-order chi connectivity index (χ1) is 6.95. The van der Waals surface area contributed by atoms with Crippen molar-refractivity contribution in [3.63, 3.8) is 0 Å². The van der Waals surface area contributed by atoms with Gasteiger partial charge >= 0.3 is 11.9 Å². The van der Waals surface area contributed by atoms with Gasteiger partial charge in [-0.25, -0.2) is 0 Å². The SMILES string of the molecule is CCOC(=O)C1(C(=O)O)C[C@@H]1CC(C)C. The highest BCUT2D eigenvalue weighted by atomic mass is 16.5. The second-order valence-corrected chi connectivity index (χ2v) is 4.53. The van der Waals surface area contributed by atoms with Crippen molar-refractivity contribution in [3.05, 3.63) is 0 Å². The zero-order chi connectivity index (χ0) is 11.6. The summed E-state index contributed by atoms with van der Waals surface area (Å²) in [7, 11) is 0. The topological polar surface area (TPSA) is 63.6 Å². The zero-order valence-corrected chi connectivity index (χ0v) is 9.45. The van der Waals surface area contributed by atoms with Crippen molar-refractivity contribution in [3.8, 4) is 0 Å². The number of carbonyl (C=O) groups excluding carboxylic acids is 1. The number of carbonyl (C=O) groups is 2. The highest BCUT2D eigenvalue weighted by molar-refractivity contribution is 6.03. The van der Waals surface area contributed by atoms with Crippen LogP contribution in [0, 0.1) is 17.3 Å². The normalized spacial score (nSPS) is 28.9. The van der Waals surface area contributed by atoms with E-state index in [1.54, 1.807) is 6.92 Å². The number of hydrogen-bond acceptors (Lipinski definition) is 3. The van der Waals surface area contributed by atoms with Crippen molar-refractivity contribution >= 4 is 11.9 Å². The standard InChI is InChI=1S/C11H18O4/c1-4-15-10(14)11(9(12)13)6-8(11)5-7(2)3/h7-8H,4-6H2,1-3H3,(H,12,13)/t8-,11?/m0/s1. The molecule has 0 aromatic carbocycles. The Morgan fingerprint density at radius 2 is 2.13 bits per heavy atom. The number of esters is 1. The molecule has 0 radical (unpaired) electrons. The van der Waals surface area contributed by atoms with Crippen LogP contribution in [0.5, 0.6) is 0 Å². The van der Waals surface area contributed by atoms with E-state index in [2.05, 4.69) is 0 Å². The Labute approximate surface area is 89.6 Å². The quantitative estimate of drug-likeness (QED) is 0.558. The number of aliphatic carboxylic acids is 1. The Bertz CT molecular complexity index is 272. The maximum Gasteiger partial charge on any atom is 0.323 e. The van der Waals surface area contributed by atoms with Gasteiger partial charge in [-0.05, 0) is 31.6 Å². The predicted molar refractivity (Wildman–Crippen MR) is 54.3 cm³/mol. The number of ether oxygens (including phenoxy) is 1. The van der Waals surface area contributed by atoms with E-state index in [9.17, 15) is 9.59 Å². The zero-order valence-electron chi connectivity index (χ0n) is 9.45. The highest BCUT2D eigenvalue weighted by Gasteiger charge is 2.67. The number of carboxylic acid groups (broad SMARTS) is 1. The van der Waals surface area contributed by atoms with Gasteiger partial charge in [-0.3, -0.25) is 9.59 Å². The molecule has 4 heteroatoms. The van der Waals surface area contributed by atoms with Gasteiger partial charge < -0.3 is 9.84 Å². The lowest BCUT2D eigenvalue weighted by Gasteiger charge is -2.12. The van der Waals surface area contributed by atoms with Gasteiger partial charge in [0.2, 0.25) is 0 Å². The highest BCUT2D eigenvalue weighted by Crippen LogP contribution is 2.56. The fourth-order valence-corrected chi connectivity index (χ4v) is 2.04. The van der Waals surface area contributed by atoms with E-state index < -0.39 is 17.4 Å². The Morgan fingerprint density at radius 1 is 1.53 bits per heavy atom. The summed E-state index contributed by atoms with van der Waals surface area (Å²) in [5.74, 6) is -1.24. The van der Waals surface area contributed by atoms with Crippen LogP contribution in [-0.4, -0.2) is 23.7 Å². The minimum atomic E-state index is -1.24. The predicted octanol–water partition coefficient (Wildman–Crippen LogP) is 1.69. The monoisotopic (exact) mass is 214 g/mol. The summed E-state index contributed by atoms with van der Waals surface area (Å²) in [5, 5.41) is 9.08. The summed E-state index contributed by atoms with van der Waals surface area (Å²) in [5.41, 5.74) is -1.24. The molecule has 0 amide bonds. The van der Waals surface area contributed by atoms with Crippen LogP contribution in [0.4, 0.5) is 0 Å². The molecular formula is C11H18O4. The van der Waals surface area contributed by atoms with Crippen LogP contribution >= 0.6 is 0 Å². The molecule has 1 N–H and O–H groups in total. The third-order valence-electron chi connectivity index (χ3n) is 2.88. The molecular weight excluding hydrogens is 196 g/mol. The second-order valence-electron chi connectivity index (χ2n) is 4.53. The maximum absolute atomic E-state index is 11.6. The molecule has 86 valence electrons. The molecule has 1 unspecified atom stereocenters. The van der Waals surface area contributed by atoms with E-state index in [4.69, 9.17) is 9.84 Å². The lowest BCUT2D eigenvalue weighted by atomic mass is 9.98. The summed E-state index contributed by atoms with van der Waals surface area (Å²) in [6.45, 7) is 5.97. The van der Waals surface area contributed by atoms with Crippen LogP contribution in [0.25, 0.3) is 0 Å². The first-order valence-electron chi connectivity index (χ1n) is 5.35. The minimum absolute atomic E-state index is 0.0472. The lowest BCUT2D eigenvalue weighted by molar-refractivity contribution is -0.161. The fourth-order valence-electron chi connectivity index (χ4n) is 2.04. The minimum Gasteiger partial charge on any atom is -0.480 e. The molecule has 1 aliphatic carbocycles. The van der Waals surface area contributed by atoms with E-state index in [1.165, 1.54) is 0 Å². The van der Waals surface area contributed by atoms with Crippen LogP contribution in [0.15, 0.2) is 0 Å². The summed E-state index contributed by atoms with van der Waals surface area (Å²) in [6.07, 6.45) is 1.20. The molecule has 0 spiro atoms. The van der Waals surface area contributed by atoms with E-state index in [1.807, 2.05) is 13.8 Å². The molecule has 1 fully saturated rings. The Morgan fingerprint density at radius 3 is 2.53 bits per heavy atom. The second kappa shape index (κ2) is 4.21. The van der Waals surface area contributed by atoms with Gasteiger partial charge in [0.1, 0.15) is 0 Å². The van der Waals surface area contributed by atoms with Gasteiger partial charge in [-0.15, -0.1) is 0 Å².